The van der Waals surface area contributed by atoms with Crippen LogP contribution in [-0.4, -0.2) is 25.7 Å². The molecule has 0 saturated heterocycles. The summed E-state index contributed by atoms with van der Waals surface area (Å²) in [5.41, 5.74) is -1.82. The number of alkyl halides is 3. The van der Waals surface area contributed by atoms with Gasteiger partial charge < -0.3 is 14.8 Å². The van der Waals surface area contributed by atoms with E-state index in [1.807, 2.05) is 0 Å². The van der Waals surface area contributed by atoms with Crippen molar-refractivity contribution in [3.8, 4) is 5.75 Å². The first-order valence-electron chi connectivity index (χ1n) is 7.94. The number of benzene rings is 1. The first-order valence-corrected chi connectivity index (χ1v) is 7.94. The fraction of sp³-hybridized carbons (Fsp3) is 0.588. The maximum Gasteiger partial charge on any atom is 0.420 e. The Bertz CT molecular complexity index is 579. The van der Waals surface area contributed by atoms with E-state index >= 15 is 0 Å². The summed E-state index contributed by atoms with van der Waals surface area (Å²) >= 11 is 0. The number of carbonyl (C=O) groups is 1. The summed E-state index contributed by atoms with van der Waals surface area (Å²) in [6.45, 7) is 0. The van der Waals surface area contributed by atoms with Gasteiger partial charge in [0.1, 0.15) is 11.4 Å². The highest BCUT2D eigenvalue weighted by Gasteiger charge is 2.39. The first kappa shape index (κ1) is 18.6. The highest BCUT2D eigenvalue weighted by atomic mass is 19.4. The number of carbonyl (C=O) groups excluding carboxylic acids is 1. The van der Waals surface area contributed by atoms with E-state index in [1.165, 1.54) is 26.4 Å². The molecule has 0 atom stereocenters. The average Bonchev–Trinajstić information content (AvgIpc) is 2.80. The van der Waals surface area contributed by atoms with E-state index in [-0.39, 0.29) is 11.4 Å². The van der Waals surface area contributed by atoms with Crippen LogP contribution < -0.4 is 10.1 Å². The number of hydrogen-bond donors (Lipinski definition) is 1. The van der Waals surface area contributed by atoms with Crippen LogP contribution in [0.25, 0.3) is 0 Å². The molecule has 1 aromatic rings. The van der Waals surface area contributed by atoms with Gasteiger partial charge in [0.15, 0.2) is 0 Å². The number of nitrogens with one attached hydrogen (secondary N) is 1. The summed E-state index contributed by atoms with van der Waals surface area (Å²) in [6.07, 6.45) is 0.343. The van der Waals surface area contributed by atoms with E-state index in [1.54, 1.807) is 0 Å². The Morgan fingerprint density at radius 3 is 2.25 bits per heavy atom. The van der Waals surface area contributed by atoms with Crippen LogP contribution in [0.1, 0.15) is 44.1 Å². The molecule has 134 valence electrons. The smallest absolute Gasteiger partial charge is 0.420 e. The SMILES string of the molecule is COc1ccc(NC(=O)C2(OC)CCCCCC2)cc1C(F)(F)F. The molecule has 0 aliphatic heterocycles. The fourth-order valence-corrected chi connectivity index (χ4v) is 3.08. The lowest BCUT2D eigenvalue weighted by Gasteiger charge is -2.30. The zero-order valence-electron chi connectivity index (χ0n) is 13.8. The van der Waals surface area contributed by atoms with Crippen molar-refractivity contribution < 1.29 is 27.4 Å². The Balaban J connectivity index is 2.24. The van der Waals surface area contributed by atoms with Gasteiger partial charge in [0, 0.05) is 12.8 Å². The molecule has 0 heterocycles. The van der Waals surface area contributed by atoms with Gasteiger partial charge in [0.2, 0.25) is 0 Å². The fourth-order valence-electron chi connectivity index (χ4n) is 3.08. The van der Waals surface area contributed by atoms with Crippen LogP contribution in [0.2, 0.25) is 0 Å². The Morgan fingerprint density at radius 2 is 1.75 bits per heavy atom. The molecule has 0 radical (unpaired) electrons. The topological polar surface area (TPSA) is 47.6 Å². The van der Waals surface area contributed by atoms with Crippen LogP contribution in [0.4, 0.5) is 18.9 Å². The molecule has 0 unspecified atom stereocenters. The predicted octanol–water partition coefficient (Wildman–Crippen LogP) is 4.39. The second kappa shape index (κ2) is 7.42. The standard InChI is InChI=1S/C17H22F3NO3/c1-23-14-8-7-12(11-13(14)17(18,19)20)21-15(22)16(24-2)9-5-3-4-6-10-16/h7-8,11H,3-6,9-10H2,1-2H3,(H,21,22). The summed E-state index contributed by atoms with van der Waals surface area (Å²) < 4.78 is 49.5. The van der Waals surface area contributed by atoms with E-state index < -0.39 is 23.2 Å². The highest BCUT2D eigenvalue weighted by Crippen LogP contribution is 2.38. The third-order valence-corrected chi connectivity index (χ3v) is 4.48. The van der Waals surface area contributed by atoms with Gasteiger partial charge in [-0.25, -0.2) is 0 Å². The number of ether oxygens (including phenoxy) is 2. The highest BCUT2D eigenvalue weighted by molar-refractivity contribution is 5.97. The zero-order valence-corrected chi connectivity index (χ0v) is 13.8. The number of rotatable bonds is 4. The lowest BCUT2D eigenvalue weighted by Crippen LogP contribution is -2.44. The minimum absolute atomic E-state index is 0.0776. The third kappa shape index (κ3) is 4.01. The molecule has 0 spiro atoms. The molecule has 1 N–H and O–H groups in total. The molecular formula is C17H22F3NO3. The molecule has 1 amide bonds. The Hall–Kier alpha value is -1.76. The first-order chi connectivity index (χ1) is 11.3. The van der Waals surface area contributed by atoms with Crippen LogP contribution in [0.15, 0.2) is 18.2 Å². The van der Waals surface area contributed by atoms with Crippen molar-refractivity contribution >= 4 is 11.6 Å². The summed E-state index contributed by atoms with van der Waals surface area (Å²) in [6, 6.07) is 3.48. The largest absolute Gasteiger partial charge is 0.496 e. The molecule has 24 heavy (non-hydrogen) atoms. The van der Waals surface area contributed by atoms with E-state index in [4.69, 9.17) is 9.47 Å². The minimum atomic E-state index is -4.56. The van der Waals surface area contributed by atoms with Crippen molar-refractivity contribution in [1.82, 2.24) is 0 Å². The normalized spacial score (nSPS) is 17.9. The van der Waals surface area contributed by atoms with Crippen molar-refractivity contribution in [1.29, 1.82) is 0 Å². The number of methoxy groups -OCH3 is 2. The molecule has 1 aliphatic rings. The van der Waals surface area contributed by atoms with Gasteiger partial charge in [-0.15, -0.1) is 0 Å². The van der Waals surface area contributed by atoms with Crippen molar-refractivity contribution in [3.63, 3.8) is 0 Å². The number of hydrogen-bond acceptors (Lipinski definition) is 3. The van der Waals surface area contributed by atoms with Crippen LogP contribution in [-0.2, 0) is 15.7 Å². The molecule has 0 aromatic heterocycles. The summed E-state index contributed by atoms with van der Waals surface area (Å²) in [7, 11) is 2.65. The van der Waals surface area contributed by atoms with Crippen molar-refractivity contribution in [3.05, 3.63) is 23.8 Å². The maximum atomic E-state index is 13.1. The van der Waals surface area contributed by atoms with E-state index in [9.17, 15) is 18.0 Å². The van der Waals surface area contributed by atoms with Gasteiger partial charge in [0.05, 0.1) is 12.7 Å². The van der Waals surface area contributed by atoms with Gasteiger partial charge in [-0.1, -0.05) is 25.7 Å². The van der Waals surface area contributed by atoms with Crippen LogP contribution in [0, 0.1) is 0 Å². The maximum absolute atomic E-state index is 13.1. The quantitative estimate of drug-likeness (QED) is 0.823. The molecule has 1 aromatic carbocycles. The summed E-state index contributed by atoms with van der Waals surface area (Å²) in [5.74, 6) is -0.679. The zero-order chi connectivity index (χ0) is 17.8. The van der Waals surface area contributed by atoms with Crippen molar-refractivity contribution in [2.75, 3.05) is 19.5 Å². The summed E-state index contributed by atoms with van der Waals surface area (Å²) in [4.78, 5) is 12.6. The number of halogens is 3. The molecule has 4 nitrogen and oxygen atoms in total. The van der Waals surface area contributed by atoms with Crippen LogP contribution in [0.5, 0.6) is 5.75 Å². The molecule has 1 fully saturated rings. The predicted molar refractivity (Wildman–Crippen MR) is 84.1 cm³/mol. The molecular weight excluding hydrogens is 323 g/mol. The van der Waals surface area contributed by atoms with Crippen molar-refractivity contribution in [2.45, 2.75) is 50.3 Å². The molecule has 2 rings (SSSR count). The average molecular weight is 345 g/mol. The second-order valence-electron chi connectivity index (χ2n) is 5.98. The van der Waals surface area contributed by atoms with E-state index in [0.717, 1.165) is 31.7 Å². The van der Waals surface area contributed by atoms with Crippen LogP contribution >= 0.6 is 0 Å². The Morgan fingerprint density at radius 1 is 1.12 bits per heavy atom. The molecule has 0 bridgehead atoms. The lowest BCUT2D eigenvalue weighted by molar-refractivity contribution is -0.140. The number of amides is 1. The Labute approximate surface area is 139 Å². The van der Waals surface area contributed by atoms with E-state index in [2.05, 4.69) is 5.32 Å². The van der Waals surface area contributed by atoms with Crippen LogP contribution in [0.3, 0.4) is 0 Å². The third-order valence-electron chi connectivity index (χ3n) is 4.48. The molecule has 7 heteroatoms. The van der Waals surface area contributed by atoms with Gasteiger partial charge >= 0.3 is 6.18 Å². The van der Waals surface area contributed by atoms with Gasteiger partial charge in [-0.2, -0.15) is 13.2 Å². The second-order valence-corrected chi connectivity index (χ2v) is 5.98. The monoisotopic (exact) mass is 345 g/mol. The van der Waals surface area contributed by atoms with Gasteiger partial charge in [-0.05, 0) is 31.0 Å². The lowest BCUT2D eigenvalue weighted by atomic mass is 9.93. The Kier molecular flexibility index (Phi) is 5.74. The van der Waals surface area contributed by atoms with E-state index in [0.29, 0.717) is 12.8 Å². The molecule has 1 saturated carbocycles. The van der Waals surface area contributed by atoms with Crippen molar-refractivity contribution in [2.24, 2.45) is 0 Å². The molecule has 1 aliphatic carbocycles. The van der Waals surface area contributed by atoms with Gasteiger partial charge in [0.25, 0.3) is 5.91 Å². The summed E-state index contributed by atoms with van der Waals surface area (Å²) in [5, 5.41) is 2.58. The van der Waals surface area contributed by atoms with Gasteiger partial charge in [-0.3, -0.25) is 4.79 Å². The minimum Gasteiger partial charge on any atom is -0.496 e. The number of anilines is 1.